The Labute approximate surface area is 83.6 Å². The van der Waals surface area contributed by atoms with Crippen molar-refractivity contribution in [1.82, 2.24) is 4.90 Å². The van der Waals surface area contributed by atoms with Gasteiger partial charge in [-0.25, -0.2) is 4.39 Å². The first kappa shape index (κ1) is 10.6. The summed E-state index contributed by atoms with van der Waals surface area (Å²) in [5, 5.41) is 0. The van der Waals surface area contributed by atoms with Crippen LogP contribution in [0.5, 0.6) is 5.75 Å². The molecule has 0 aliphatic rings. The van der Waals surface area contributed by atoms with Crippen LogP contribution in [0.25, 0.3) is 0 Å². The lowest BCUT2D eigenvalue weighted by molar-refractivity contribution is 0.384. The molecule has 0 fully saturated rings. The van der Waals surface area contributed by atoms with Crippen LogP contribution in [0.15, 0.2) is 31.0 Å². The monoisotopic (exact) mass is 195 g/mol. The molecule has 0 unspecified atom stereocenters. The average molecular weight is 195 g/mol. The van der Waals surface area contributed by atoms with Crippen LogP contribution in [-0.4, -0.2) is 19.1 Å². The molecule has 0 radical (unpaired) electrons. The Morgan fingerprint density at radius 1 is 1.57 bits per heavy atom. The highest BCUT2D eigenvalue weighted by molar-refractivity contribution is 5.29. The Kier molecular flexibility index (Phi) is 3.51. The Bertz CT molecular complexity index is 325. The van der Waals surface area contributed by atoms with Crippen molar-refractivity contribution in [2.75, 3.05) is 14.2 Å². The van der Waals surface area contributed by atoms with Gasteiger partial charge < -0.3 is 9.64 Å². The van der Waals surface area contributed by atoms with Gasteiger partial charge in [0, 0.05) is 13.6 Å². The number of benzene rings is 1. The van der Waals surface area contributed by atoms with Crippen molar-refractivity contribution in [3.05, 3.63) is 42.4 Å². The SMILES string of the molecule is C=CN(C)Cc1ccc(OC)c(F)c1. The first-order valence-corrected chi connectivity index (χ1v) is 4.32. The van der Waals surface area contributed by atoms with E-state index in [0.29, 0.717) is 6.54 Å². The highest BCUT2D eigenvalue weighted by Gasteiger charge is 2.03. The summed E-state index contributed by atoms with van der Waals surface area (Å²) in [4.78, 5) is 1.88. The van der Waals surface area contributed by atoms with Crippen LogP contribution in [0.2, 0.25) is 0 Å². The van der Waals surface area contributed by atoms with Gasteiger partial charge >= 0.3 is 0 Å². The van der Waals surface area contributed by atoms with Gasteiger partial charge in [-0.2, -0.15) is 0 Å². The summed E-state index contributed by atoms with van der Waals surface area (Å²) in [5.41, 5.74) is 0.894. The minimum Gasteiger partial charge on any atom is -0.494 e. The average Bonchev–Trinajstić information content (AvgIpc) is 2.18. The molecule has 76 valence electrons. The number of rotatable bonds is 4. The molecule has 1 rings (SSSR count). The lowest BCUT2D eigenvalue weighted by Gasteiger charge is -2.13. The first-order valence-electron chi connectivity index (χ1n) is 4.32. The van der Waals surface area contributed by atoms with E-state index in [9.17, 15) is 4.39 Å². The number of nitrogens with zero attached hydrogens (tertiary/aromatic N) is 1. The van der Waals surface area contributed by atoms with Gasteiger partial charge in [0.05, 0.1) is 7.11 Å². The summed E-state index contributed by atoms with van der Waals surface area (Å²) in [5.74, 6) is -0.0579. The molecule has 3 heteroatoms. The highest BCUT2D eigenvalue weighted by atomic mass is 19.1. The predicted octanol–water partition coefficient (Wildman–Crippen LogP) is 2.41. The zero-order valence-corrected chi connectivity index (χ0v) is 8.46. The van der Waals surface area contributed by atoms with Crippen molar-refractivity contribution in [3.63, 3.8) is 0 Å². The van der Waals surface area contributed by atoms with Crippen LogP contribution in [0.3, 0.4) is 0 Å². The van der Waals surface area contributed by atoms with Gasteiger partial charge in [0.25, 0.3) is 0 Å². The largest absolute Gasteiger partial charge is 0.494 e. The zero-order valence-electron chi connectivity index (χ0n) is 8.46. The van der Waals surface area contributed by atoms with Crippen LogP contribution < -0.4 is 4.74 Å². The summed E-state index contributed by atoms with van der Waals surface area (Å²) in [6.45, 7) is 4.26. The van der Waals surface area contributed by atoms with Crippen molar-refractivity contribution in [3.8, 4) is 5.75 Å². The van der Waals surface area contributed by atoms with E-state index < -0.39 is 0 Å². The van der Waals surface area contributed by atoms with Crippen LogP contribution >= 0.6 is 0 Å². The van der Waals surface area contributed by atoms with Crippen LogP contribution in [0, 0.1) is 5.82 Å². The Hall–Kier alpha value is -1.51. The van der Waals surface area contributed by atoms with Crippen LogP contribution in [-0.2, 0) is 6.54 Å². The lowest BCUT2D eigenvalue weighted by Crippen LogP contribution is -2.09. The molecule has 0 N–H and O–H groups in total. The van der Waals surface area contributed by atoms with E-state index in [0.717, 1.165) is 5.56 Å². The fourth-order valence-electron chi connectivity index (χ4n) is 1.16. The maximum Gasteiger partial charge on any atom is 0.165 e. The topological polar surface area (TPSA) is 12.5 Å². The molecule has 0 heterocycles. The minimum atomic E-state index is -0.331. The molecule has 0 aliphatic heterocycles. The van der Waals surface area contributed by atoms with Crippen LogP contribution in [0.4, 0.5) is 4.39 Å². The normalized spacial score (nSPS) is 9.64. The van der Waals surface area contributed by atoms with E-state index in [1.807, 2.05) is 18.0 Å². The van der Waals surface area contributed by atoms with Gasteiger partial charge in [-0.3, -0.25) is 0 Å². The molecule has 0 bridgehead atoms. The van der Waals surface area contributed by atoms with Crippen LogP contribution in [0.1, 0.15) is 5.56 Å². The molecule has 0 saturated carbocycles. The standard InChI is InChI=1S/C11H14FNO/c1-4-13(2)8-9-5-6-11(14-3)10(12)7-9/h4-7H,1,8H2,2-3H3. The Morgan fingerprint density at radius 3 is 2.79 bits per heavy atom. The number of halogens is 1. The maximum absolute atomic E-state index is 13.2. The molecule has 0 aromatic heterocycles. The van der Waals surface area contributed by atoms with Crippen molar-refractivity contribution in [1.29, 1.82) is 0 Å². The van der Waals surface area contributed by atoms with E-state index in [1.54, 1.807) is 12.3 Å². The molecule has 0 saturated heterocycles. The fraction of sp³-hybridized carbons (Fsp3) is 0.273. The number of ether oxygens (including phenoxy) is 1. The summed E-state index contributed by atoms with van der Waals surface area (Å²) in [6, 6.07) is 4.93. The summed E-state index contributed by atoms with van der Waals surface area (Å²) >= 11 is 0. The van der Waals surface area contributed by atoms with Gasteiger partial charge in [-0.15, -0.1) is 0 Å². The molecular weight excluding hydrogens is 181 g/mol. The highest BCUT2D eigenvalue weighted by Crippen LogP contribution is 2.18. The third-order valence-corrected chi connectivity index (χ3v) is 1.96. The molecule has 14 heavy (non-hydrogen) atoms. The first-order chi connectivity index (χ1) is 6.67. The van der Waals surface area contributed by atoms with Crippen molar-refractivity contribution in [2.45, 2.75) is 6.54 Å². The van der Waals surface area contributed by atoms with Crippen molar-refractivity contribution >= 4 is 0 Å². The molecule has 0 spiro atoms. The van der Waals surface area contributed by atoms with Gasteiger partial charge in [-0.05, 0) is 23.9 Å². The van der Waals surface area contributed by atoms with E-state index in [4.69, 9.17) is 4.74 Å². The zero-order chi connectivity index (χ0) is 10.6. The smallest absolute Gasteiger partial charge is 0.165 e. The van der Waals surface area contributed by atoms with E-state index in [-0.39, 0.29) is 11.6 Å². The second-order valence-electron chi connectivity index (χ2n) is 3.07. The quantitative estimate of drug-likeness (QED) is 0.731. The molecule has 0 aliphatic carbocycles. The second kappa shape index (κ2) is 4.65. The predicted molar refractivity (Wildman–Crippen MR) is 54.6 cm³/mol. The molecule has 1 aromatic carbocycles. The van der Waals surface area contributed by atoms with Gasteiger partial charge in [0.1, 0.15) is 0 Å². The van der Waals surface area contributed by atoms with E-state index in [2.05, 4.69) is 6.58 Å². The van der Waals surface area contributed by atoms with Gasteiger partial charge in [-0.1, -0.05) is 12.6 Å². The molecule has 0 atom stereocenters. The third kappa shape index (κ3) is 2.49. The summed E-state index contributed by atoms with van der Waals surface area (Å²) in [7, 11) is 3.34. The van der Waals surface area contributed by atoms with Crippen molar-refractivity contribution < 1.29 is 9.13 Å². The van der Waals surface area contributed by atoms with E-state index >= 15 is 0 Å². The Balaban J connectivity index is 2.80. The fourth-order valence-corrected chi connectivity index (χ4v) is 1.16. The summed E-state index contributed by atoms with van der Waals surface area (Å²) in [6.07, 6.45) is 1.70. The number of hydrogen-bond donors (Lipinski definition) is 0. The number of methoxy groups -OCH3 is 1. The van der Waals surface area contributed by atoms with Gasteiger partial charge in [0.15, 0.2) is 11.6 Å². The molecule has 2 nitrogen and oxygen atoms in total. The number of hydrogen-bond acceptors (Lipinski definition) is 2. The molecular formula is C11H14FNO. The van der Waals surface area contributed by atoms with E-state index in [1.165, 1.54) is 13.2 Å². The minimum absolute atomic E-state index is 0.273. The Morgan fingerprint density at radius 2 is 2.29 bits per heavy atom. The summed E-state index contributed by atoms with van der Waals surface area (Å²) < 4.78 is 18.1. The third-order valence-electron chi connectivity index (χ3n) is 1.96. The molecule has 0 amide bonds. The van der Waals surface area contributed by atoms with Gasteiger partial charge in [0.2, 0.25) is 0 Å². The maximum atomic E-state index is 13.2. The molecule has 1 aromatic rings. The second-order valence-corrected chi connectivity index (χ2v) is 3.07. The van der Waals surface area contributed by atoms with Crippen molar-refractivity contribution in [2.24, 2.45) is 0 Å². The lowest BCUT2D eigenvalue weighted by atomic mass is 10.2.